The molecule has 0 spiro atoms. The summed E-state index contributed by atoms with van der Waals surface area (Å²) in [6.07, 6.45) is -0.622. The molecule has 3 aromatic rings. The number of amides is 2. The average Bonchev–Trinajstić information content (AvgIpc) is 2.77. The summed E-state index contributed by atoms with van der Waals surface area (Å²) in [4.78, 5) is 28.4. The molecular weight excluding hydrogens is 380 g/mol. The molecule has 1 saturated heterocycles. The quantitative estimate of drug-likeness (QED) is 0.728. The number of benzene rings is 3. The van der Waals surface area contributed by atoms with Gasteiger partial charge in [0.2, 0.25) is 0 Å². The molecule has 0 bridgehead atoms. The van der Waals surface area contributed by atoms with Crippen molar-refractivity contribution >= 4 is 22.6 Å². The number of carbonyl (C=O) groups excluding carboxylic acids is 2. The van der Waals surface area contributed by atoms with E-state index in [4.69, 9.17) is 4.74 Å². The summed E-state index contributed by atoms with van der Waals surface area (Å²) in [6.45, 7) is 1.06. The molecule has 6 heteroatoms. The van der Waals surface area contributed by atoms with Crippen molar-refractivity contribution in [3.05, 3.63) is 66.2 Å². The molecule has 0 radical (unpaired) electrons. The molecule has 4 rings (SSSR count). The Morgan fingerprint density at radius 2 is 1.73 bits per heavy atom. The predicted octanol–water partition coefficient (Wildman–Crippen LogP) is 3.14. The maximum absolute atomic E-state index is 13.0. The second-order valence-corrected chi connectivity index (χ2v) is 7.67. The number of fused-ring (bicyclic) bond motifs is 1. The van der Waals surface area contributed by atoms with Gasteiger partial charge in [0, 0.05) is 26.2 Å². The van der Waals surface area contributed by atoms with Crippen LogP contribution < -0.4 is 0 Å². The summed E-state index contributed by atoms with van der Waals surface area (Å²) in [5.74, 6) is -0.00981. The molecule has 0 saturated carbocycles. The summed E-state index contributed by atoms with van der Waals surface area (Å²) < 4.78 is 5.55. The normalized spacial score (nSPS) is 16.5. The van der Waals surface area contributed by atoms with E-state index < -0.39 is 6.10 Å². The SMILES string of the molecule is CN(C)C(=O)C1CN(C(=O)c2ccc3cc(-c4cccc(O)c4)ccc3c2)CCO1. The fourth-order valence-corrected chi connectivity index (χ4v) is 3.70. The van der Waals surface area contributed by atoms with Crippen molar-refractivity contribution in [3.8, 4) is 16.9 Å². The first kappa shape index (κ1) is 19.9. The van der Waals surface area contributed by atoms with E-state index in [2.05, 4.69) is 0 Å². The monoisotopic (exact) mass is 404 g/mol. The molecule has 1 aliphatic rings. The van der Waals surface area contributed by atoms with E-state index in [1.165, 1.54) is 4.90 Å². The zero-order valence-corrected chi connectivity index (χ0v) is 17.0. The molecule has 0 aliphatic carbocycles. The van der Waals surface area contributed by atoms with Gasteiger partial charge >= 0.3 is 0 Å². The summed E-state index contributed by atoms with van der Waals surface area (Å²) >= 11 is 0. The van der Waals surface area contributed by atoms with Crippen molar-refractivity contribution in [2.24, 2.45) is 0 Å². The number of rotatable bonds is 3. The third kappa shape index (κ3) is 4.00. The maximum atomic E-state index is 13.0. The van der Waals surface area contributed by atoms with Crippen LogP contribution in [-0.4, -0.2) is 66.6 Å². The van der Waals surface area contributed by atoms with Crippen LogP contribution in [0.5, 0.6) is 5.75 Å². The van der Waals surface area contributed by atoms with Crippen LogP contribution in [0.1, 0.15) is 10.4 Å². The first-order chi connectivity index (χ1) is 14.4. The highest BCUT2D eigenvalue weighted by atomic mass is 16.5. The van der Waals surface area contributed by atoms with Crippen LogP contribution in [0, 0.1) is 0 Å². The molecule has 30 heavy (non-hydrogen) atoms. The lowest BCUT2D eigenvalue weighted by molar-refractivity contribution is -0.145. The van der Waals surface area contributed by atoms with Crippen molar-refractivity contribution in [1.29, 1.82) is 0 Å². The Labute approximate surface area is 175 Å². The molecule has 6 nitrogen and oxygen atoms in total. The number of aromatic hydroxyl groups is 1. The van der Waals surface area contributed by atoms with Crippen LogP contribution in [0.3, 0.4) is 0 Å². The number of hydrogen-bond donors (Lipinski definition) is 1. The van der Waals surface area contributed by atoms with E-state index in [0.717, 1.165) is 21.9 Å². The summed E-state index contributed by atoms with van der Waals surface area (Å²) in [7, 11) is 3.36. The van der Waals surface area contributed by atoms with Crippen LogP contribution in [0.15, 0.2) is 60.7 Å². The van der Waals surface area contributed by atoms with Gasteiger partial charge in [-0.1, -0.05) is 30.3 Å². The minimum Gasteiger partial charge on any atom is -0.508 e. The standard InChI is InChI=1S/C24H24N2O4/c1-25(2)24(29)22-15-26(10-11-30-22)23(28)20-9-8-18-12-17(6-7-19(18)13-20)16-4-3-5-21(27)14-16/h3-9,12-14,22,27H,10-11,15H2,1-2H3. The fraction of sp³-hybridized carbons (Fsp3) is 0.250. The average molecular weight is 404 g/mol. The van der Waals surface area contributed by atoms with E-state index in [1.54, 1.807) is 31.1 Å². The number of likely N-dealkylation sites (N-methyl/N-ethyl adjacent to an activating group) is 1. The van der Waals surface area contributed by atoms with Crippen molar-refractivity contribution in [1.82, 2.24) is 9.80 Å². The smallest absolute Gasteiger partial charge is 0.254 e. The Morgan fingerprint density at radius 1 is 1.00 bits per heavy atom. The number of hydrogen-bond acceptors (Lipinski definition) is 4. The topological polar surface area (TPSA) is 70.1 Å². The lowest BCUT2D eigenvalue weighted by atomic mass is 9.99. The molecule has 1 heterocycles. The van der Waals surface area contributed by atoms with Crippen molar-refractivity contribution in [2.75, 3.05) is 33.8 Å². The lowest BCUT2D eigenvalue weighted by Gasteiger charge is -2.33. The number of nitrogens with zero attached hydrogens (tertiary/aromatic N) is 2. The number of phenolic OH excluding ortho intramolecular Hbond substituents is 1. The highest BCUT2D eigenvalue weighted by Gasteiger charge is 2.30. The van der Waals surface area contributed by atoms with Crippen LogP contribution in [0.2, 0.25) is 0 Å². The maximum Gasteiger partial charge on any atom is 0.254 e. The highest BCUT2D eigenvalue weighted by Crippen LogP contribution is 2.27. The van der Waals surface area contributed by atoms with Crippen LogP contribution in [-0.2, 0) is 9.53 Å². The van der Waals surface area contributed by atoms with Gasteiger partial charge in [-0.15, -0.1) is 0 Å². The molecule has 154 valence electrons. The molecule has 0 aromatic heterocycles. The second-order valence-electron chi connectivity index (χ2n) is 7.67. The fourth-order valence-electron chi connectivity index (χ4n) is 3.70. The van der Waals surface area contributed by atoms with Crippen molar-refractivity contribution in [3.63, 3.8) is 0 Å². The van der Waals surface area contributed by atoms with E-state index in [-0.39, 0.29) is 24.1 Å². The molecule has 1 unspecified atom stereocenters. The summed E-state index contributed by atoms with van der Waals surface area (Å²) in [5, 5.41) is 11.7. The van der Waals surface area contributed by atoms with Gasteiger partial charge in [0.05, 0.1) is 13.2 Å². The van der Waals surface area contributed by atoms with E-state index in [0.29, 0.717) is 18.7 Å². The van der Waals surface area contributed by atoms with Gasteiger partial charge in [-0.2, -0.15) is 0 Å². The van der Waals surface area contributed by atoms with Crippen LogP contribution in [0.4, 0.5) is 0 Å². The van der Waals surface area contributed by atoms with Crippen molar-refractivity contribution < 1.29 is 19.4 Å². The largest absolute Gasteiger partial charge is 0.508 e. The minimum absolute atomic E-state index is 0.103. The van der Waals surface area contributed by atoms with Gasteiger partial charge in [0.15, 0.2) is 6.10 Å². The van der Waals surface area contributed by atoms with E-state index >= 15 is 0 Å². The molecule has 1 N–H and O–H groups in total. The third-order valence-corrected chi connectivity index (χ3v) is 5.34. The van der Waals surface area contributed by atoms with Crippen molar-refractivity contribution in [2.45, 2.75) is 6.10 Å². The van der Waals surface area contributed by atoms with Crippen LogP contribution in [0.25, 0.3) is 21.9 Å². The van der Waals surface area contributed by atoms with Gasteiger partial charge in [-0.25, -0.2) is 0 Å². The predicted molar refractivity (Wildman–Crippen MR) is 115 cm³/mol. The Balaban J connectivity index is 1.56. The Hall–Kier alpha value is -3.38. The summed E-state index contributed by atoms with van der Waals surface area (Å²) in [5.41, 5.74) is 2.52. The molecule has 1 fully saturated rings. The van der Waals surface area contributed by atoms with E-state index in [9.17, 15) is 14.7 Å². The van der Waals surface area contributed by atoms with Gasteiger partial charge in [-0.05, 0) is 52.2 Å². The van der Waals surface area contributed by atoms with E-state index in [1.807, 2.05) is 48.5 Å². The minimum atomic E-state index is -0.622. The number of morpholine rings is 1. The van der Waals surface area contributed by atoms with Gasteiger partial charge in [-0.3, -0.25) is 9.59 Å². The third-order valence-electron chi connectivity index (χ3n) is 5.34. The lowest BCUT2D eigenvalue weighted by Crippen LogP contribution is -2.51. The van der Waals surface area contributed by atoms with Gasteiger partial charge in [0.25, 0.3) is 11.8 Å². The second kappa shape index (κ2) is 8.16. The molecule has 1 atom stereocenters. The molecule has 2 amide bonds. The van der Waals surface area contributed by atoms with Crippen LogP contribution >= 0.6 is 0 Å². The number of ether oxygens (including phenoxy) is 1. The number of phenols is 1. The Morgan fingerprint density at radius 3 is 2.50 bits per heavy atom. The zero-order valence-electron chi connectivity index (χ0n) is 17.0. The van der Waals surface area contributed by atoms with Gasteiger partial charge < -0.3 is 19.6 Å². The first-order valence-corrected chi connectivity index (χ1v) is 9.87. The zero-order chi connectivity index (χ0) is 21.3. The Kier molecular flexibility index (Phi) is 5.42. The summed E-state index contributed by atoms with van der Waals surface area (Å²) in [6, 6.07) is 18.7. The van der Waals surface area contributed by atoms with Gasteiger partial charge in [0.1, 0.15) is 5.75 Å². The molecule has 3 aromatic carbocycles. The molecule has 1 aliphatic heterocycles. The first-order valence-electron chi connectivity index (χ1n) is 9.87. The Bertz CT molecular complexity index is 1110. The highest BCUT2D eigenvalue weighted by molar-refractivity contribution is 5.99. The number of carbonyl (C=O) groups is 2. The molecular formula is C24H24N2O4.